The van der Waals surface area contributed by atoms with E-state index in [1.807, 2.05) is 25.3 Å². The summed E-state index contributed by atoms with van der Waals surface area (Å²) in [5.41, 5.74) is 6.68. The molecular formula is C11H20N4O. The van der Waals surface area contributed by atoms with Crippen LogP contribution in [0.15, 0.2) is 12.5 Å². The van der Waals surface area contributed by atoms with E-state index in [0.717, 1.165) is 12.1 Å². The molecule has 0 saturated heterocycles. The first-order valence-corrected chi connectivity index (χ1v) is 5.63. The van der Waals surface area contributed by atoms with Gasteiger partial charge in [-0.05, 0) is 20.3 Å². The summed E-state index contributed by atoms with van der Waals surface area (Å²) >= 11 is 0. The van der Waals surface area contributed by atoms with Crippen LogP contribution in [0.3, 0.4) is 0 Å². The normalized spacial score (nSPS) is 14.5. The lowest BCUT2D eigenvalue weighted by atomic mass is 10.2. The summed E-state index contributed by atoms with van der Waals surface area (Å²) in [7, 11) is 0. The van der Waals surface area contributed by atoms with E-state index in [9.17, 15) is 4.79 Å². The number of carbonyl (C=O) groups excluding carboxylic acids is 1. The number of amides is 1. The second-order valence-electron chi connectivity index (χ2n) is 3.98. The van der Waals surface area contributed by atoms with Crippen molar-refractivity contribution in [1.82, 2.24) is 14.9 Å². The van der Waals surface area contributed by atoms with Crippen molar-refractivity contribution in [2.45, 2.75) is 39.3 Å². The van der Waals surface area contributed by atoms with Gasteiger partial charge in [0, 0.05) is 18.8 Å². The molecule has 90 valence electrons. The Balaban J connectivity index is 2.75. The van der Waals surface area contributed by atoms with Crippen molar-refractivity contribution in [1.29, 1.82) is 0 Å². The fourth-order valence-corrected chi connectivity index (χ4v) is 1.51. The first-order valence-electron chi connectivity index (χ1n) is 5.63. The summed E-state index contributed by atoms with van der Waals surface area (Å²) in [6.45, 7) is 6.45. The molecule has 3 N–H and O–H groups in total. The average Bonchev–Trinajstić information content (AvgIpc) is 2.73. The SMILES string of the molecule is CCCNC(=O)C(C)n1cncc1[C@H](C)N. The monoisotopic (exact) mass is 224 g/mol. The Morgan fingerprint density at radius 1 is 1.62 bits per heavy atom. The lowest BCUT2D eigenvalue weighted by Gasteiger charge is -2.17. The predicted molar refractivity (Wildman–Crippen MR) is 62.8 cm³/mol. The minimum Gasteiger partial charge on any atom is -0.354 e. The van der Waals surface area contributed by atoms with Crippen LogP contribution < -0.4 is 11.1 Å². The highest BCUT2D eigenvalue weighted by molar-refractivity contribution is 5.79. The van der Waals surface area contributed by atoms with Gasteiger partial charge >= 0.3 is 0 Å². The van der Waals surface area contributed by atoms with Gasteiger partial charge < -0.3 is 15.6 Å². The number of carbonyl (C=O) groups is 1. The van der Waals surface area contributed by atoms with E-state index in [1.165, 1.54) is 0 Å². The van der Waals surface area contributed by atoms with Crippen LogP contribution in [0.2, 0.25) is 0 Å². The van der Waals surface area contributed by atoms with Gasteiger partial charge in [-0.15, -0.1) is 0 Å². The molecule has 2 atom stereocenters. The number of imidazole rings is 1. The van der Waals surface area contributed by atoms with Crippen molar-refractivity contribution in [2.24, 2.45) is 5.73 Å². The first kappa shape index (κ1) is 12.7. The Morgan fingerprint density at radius 2 is 2.31 bits per heavy atom. The van der Waals surface area contributed by atoms with Crippen LogP contribution in [0, 0.1) is 0 Å². The molecule has 0 aliphatic heterocycles. The first-order chi connectivity index (χ1) is 7.57. The zero-order chi connectivity index (χ0) is 12.1. The minimum absolute atomic E-state index is 0.00162. The predicted octanol–water partition coefficient (Wildman–Crippen LogP) is 0.990. The number of hydrogen-bond donors (Lipinski definition) is 2. The van der Waals surface area contributed by atoms with E-state index in [4.69, 9.17) is 5.73 Å². The number of aromatic nitrogens is 2. The molecule has 1 aromatic rings. The largest absolute Gasteiger partial charge is 0.354 e. The van der Waals surface area contributed by atoms with Crippen molar-refractivity contribution in [3.05, 3.63) is 18.2 Å². The number of hydrogen-bond acceptors (Lipinski definition) is 3. The molecule has 0 bridgehead atoms. The van der Waals surface area contributed by atoms with E-state index in [1.54, 1.807) is 12.5 Å². The van der Waals surface area contributed by atoms with E-state index in [-0.39, 0.29) is 18.0 Å². The second-order valence-corrected chi connectivity index (χ2v) is 3.98. The van der Waals surface area contributed by atoms with Crippen molar-refractivity contribution in [3.63, 3.8) is 0 Å². The molecule has 1 amide bonds. The zero-order valence-corrected chi connectivity index (χ0v) is 10.1. The van der Waals surface area contributed by atoms with E-state index in [2.05, 4.69) is 10.3 Å². The molecular weight excluding hydrogens is 204 g/mol. The van der Waals surface area contributed by atoms with Crippen LogP contribution >= 0.6 is 0 Å². The molecule has 1 heterocycles. The van der Waals surface area contributed by atoms with Crippen LogP contribution in [0.25, 0.3) is 0 Å². The summed E-state index contributed by atoms with van der Waals surface area (Å²) in [6, 6.07) is -0.390. The van der Waals surface area contributed by atoms with Gasteiger partial charge in [-0.1, -0.05) is 6.92 Å². The fourth-order valence-electron chi connectivity index (χ4n) is 1.51. The molecule has 1 aromatic heterocycles. The average molecular weight is 224 g/mol. The van der Waals surface area contributed by atoms with Crippen molar-refractivity contribution < 1.29 is 4.79 Å². The molecule has 1 rings (SSSR count). The van der Waals surface area contributed by atoms with Crippen LogP contribution in [0.1, 0.15) is 45.0 Å². The standard InChI is InChI=1S/C11H20N4O/c1-4-5-14-11(16)9(3)15-7-13-6-10(15)8(2)12/h6-9H,4-5,12H2,1-3H3,(H,14,16)/t8-,9?/m0/s1. The van der Waals surface area contributed by atoms with Crippen LogP contribution in [-0.4, -0.2) is 22.0 Å². The molecule has 16 heavy (non-hydrogen) atoms. The molecule has 0 fully saturated rings. The third-order valence-corrected chi connectivity index (χ3v) is 2.51. The van der Waals surface area contributed by atoms with Crippen molar-refractivity contribution in [2.75, 3.05) is 6.54 Å². The Labute approximate surface area is 96.0 Å². The summed E-state index contributed by atoms with van der Waals surface area (Å²) in [6.07, 6.45) is 4.28. The third-order valence-electron chi connectivity index (χ3n) is 2.51. The van der Waals surface area contributed by atoms with E-state index < -0.39 is 0 Å². The van der Waals surface area contributed by atoms with Gasteiger partial charge in [0.2, 0.25) is 5.91 Å². The quantitative estimate of drug-likeness (QED) is 0.783. The highest BCUT2D eigenvalue weighted by Crippen LogP contribution is 2.15. The molecule has 0 aliphatic rings. The smallest absolute Gasteiger partial charge is 0.242 e. The summed E-state index contributed by atoms with van der Waals surface area (Å²) in [5.74, 6) is 0.00162. The molecule has 1 unspecified atom stereocenters. The maximum atomic E-state index is 11.8. The van der Waals surface area contributed by atoms with Gasteiger partial charge in [-0.3, -0.25) is 4.79 Å². The molecule has 0 aliphatic carbocycles. The van der Waals surface area contributed by atoms with Gasteiger partial charge in [0.25, 0.3) is 0 Å². The number of nitrogens with zero attached hydrogens (tertiary/aromatic N) is 2. The number of nitrogens with one attached hydrogen (secondary N) is 1. The number of rotatable bonds is 5. The highest BCUT2D eigenvalue weighted by Gasteiger charge is 2.18. The maximum absolute atomic E-state index is 11.8. The Hall–Kier alpha value is -1.36. The summed E-state index contributed by atoms with van der Waals surface area (Å²) in [4.78, 5) is 15.8. The van der Waals surface area contributed by atoms with Crippen LogP contribution in [0.4, 0.5) is 0 Å². The third kappa shape index (κ3) is 2.82. The van der Waals surface area contributed by atoms with Gasteiger partial charge in [0.05, 0.1) is 12.0 Å². The minimum atomic E-state index is -0.268. The second kappa shape index (κ2) is 5.65. The summed E-state index contributed by atoms with van der Waals surface area (Å²) in [5, 5.41) is 2.86. The molecule has 0 spiro atoms. The Kier molecular flexibility index (Phi) is 4.49. The van der Waals surface area contributed by atoms with Crippen LogP contribution in [0.5, 0.6) is 0 Å². The highest BCUT2D eigenvalue weighted by atomic mass is 16.2. The number of nitrogens with two attached hydrogens (primary N) is 1. The Bertz CT molecular complexity index is 346. The Morgan fingerprint density at radius 3 is 2.88 bits per heavy atom. The maximum Gasteiger partial charge on any atom is 0.242 e. The molecule has 0 aromatic carbocycles. The van der Waals surface area contributed by atoms with E-state index >= 15 is 0 Å². The van der Waals surface area contributed by atoms with Gasteiger partial charge in [0.1, 0.15) is 6.04 Å². The summed E-state index contributed by atoms with van der Waals surface area (Å²) < 4.78 is 1.82. The van der Waals surface area contributed by atoms with Crippen molar-refractivity contribution >= 4 is 5.91 Å². The zero-order valence-electron chi connectivity index (χ0n) is 10.1. The van der Waals surface area contributed by atoms with Gasteiger partial charge in [-0.2, -0.15) is 0 Å². The molecule has 0 radical (unpaired) electrons. The molecule has 5 nitrogen and oxygen atoms in total. The topological polar surface area (TPSA) is 72.9 Å². The molecule has 5 heteroatoms. The van der Waals surface area contributed by atoms with Crippen molar-refractivity contribution in [3.8, 4) is 0 Å². The van der Waals surface area contributed by atoms with Gasteiger partial charge in [0.15, 0.2) is 0 Å². The van der Waals surface area contributed by atoms with Crippen LogP contribution in [-0.2, 0) is 4.79 Å². The van der Waals surface area contributed by atoms with Gasteiger partial charge in [-0.25, -0.2) is 4.98 Å². The fraction of sp³-hybridized carbons (Fsp3) is 0.636. The molecule has 0 saturated carbocycles. The lowest BCUT2D eigenvalue weighted by molar-refractivity contribution is -0.123. The van der Waals surface area contributed by atoms with E-state index in [0.29, 0.717) is 6.54 Å². The lowest BCUT2D eigenvalue weighted by Crippen LogP contribution is -2.32.